The van der Waals surface area contributed by atoms with E-state index in [1.807, 2.05) is 0 Å². The first-order chi connectivity index (χ1) is 7.24. The lowest BCUT2D eigenvalue weighted by Gasteiger charge is -2.20. The molecule has 0 saturated carbocycles. The molecule has 1 aliphatic rings. The molecule has 1 N–H and O–H groups in total. The Hall–Kier alpha value is -1.28. The summed E-state index contributed by atoms with van der Waals surface area (Å²) in [5.74, 6) is 0. The molecule has 78 valence electrons. The molecule has 1 atom stereocenters. The molecule has 15 heavy (non-hydrogen) atoms. The van der Waals surface area contributed by atoms with Crippen LogP contribution in [0.3, 0.4) is 0 Å². The van der Waals surface area contributed by atoms with E-state index in [0.717, 1.165) is 19.4 Å². The van der Waals surface area contributed by atoms with Crippen molar-refractivity contribution in [3.8, 4) is 0 Å². The molecule has 2 aromatic rings. The Morgan fingerprint density at radius 3 is 3.07 bits per heavy atom. The molecule has 1 aromatic heterocycles. The number of fused-ring (bicyclic) bond motifs is 3. The third-order valence-electron chi connectivity index (χ3n) is 3.27. The quantitative estimate of drug-likeness (QED) is 0.695. The summed E-state index contributed by atoms with van der Waals surface area (Å²) in [6, 6.07) is 8.77. The lowest BCUT2D eigenvalue weighted by Crippen LogP contribution is -2.22. The van der Waals surface area contributed by atoms with Gasteiger partial charge in [-0.2, -0.15) is 0 Å². The zero-order chi connectivity index (χ0) is 10.4. The highest BCUT2D eigenvalue weighted by molar-refractivity contribution is 5.82. The Labute approximate surface area is 89.1 Å². The predicted octanol–water partition coefficient (Wildman–Crippen LogP) is 2.26. The van der Waals surface area contributed by atoms with Gasteiger partial charge in [0.1, 0.15) is 0 Å². The van der Waals surface area contributed by atoms with E-state index in [-0.39, 0.29) is 6.10 Å². The van der Waals surface area contributed by atoms with Crippen LogP contribution in [0.2, 0.25) is 0 Å². The summed E-state index contributed by atoms with van der Waals surface area (Å²) in [6.45, 7) is 3.06. The molecule has 0 saturated heterocycles. The molecule has 2 heterocycles. The Balaban J connectivity index is 2.23. The maximum Gasteiger partial charge on any atom is 0.0611 e. The molecule has 0 spiro atoms. The van der Waals surface area contributed by atoms with Crippen molar-refractivity contribution in [2.75, 3.05) is 0 Å². The monoisotopic (exact) mass is 201 g/mol. The van der Waals surface area contributed by atoms with Gasteiger partial charge >= 0.3 is 0 Å². The Bertz CT molecular complexity index is 512. The SMILES string of the molecule is Cc1ccc2c(c1)cc1n2CCC(O)C1. The van der Waals surface area contributed by atoms with Crippen LogP contribution in [0.1, 0.15) is 17.7 Å². The number of hydrogen-bond donors (Lipinski definition) is 1. The number of benzene rings is 1. The van der Waals surface area contributed by atoms with E-state index in [0.29, 0.717) is 0 Å². The van der Waals surface area contributed by atoms with Gasteiger partial charge in [0.15, 0.2) is 0 Å². The number of nitrogens with zero attached hydrogens (tertiary/aromatic N) is 1. The van der Waals surface area contributed by atoms with Crippen LogP contribution in [0.25, 0.3) is 10.9 Å². The van der Waals surface area contributed by atoms with E-state index in [1.54, 1.807) is 0 Å². The third kappa shape index (κ3) is 1.37. The number of aryl methyl sites for hydroxylation is 2. The van der Waals surface area contributed by atoms with Gasteiger partial charge < -0.3 is 9.67 Å². The van der Waals surface area contributed by atoms with E-state index >= 15 is 0 Å². The molecule has 2 nitrogen and oxygen atoms in total. The van der Waals surface area contributed by atoms with Gasteiger partial charge in [0.05, 0.1) is 6.10 Å². The molecule has 3 rings (SSSR count). The minimum absolute atomic E-state index is 0.150. The summed E-state index contributed by atoms with van der Waals surface area (Å²) < 4.78 is 2.33. The second-order valence-electron chi connectivity index (χ2n) is 4.50. The second kappa shape index (κ2) is 3.11. The van der Waals surface area contributed by atoms with Gasteiger partial charge in [-0.3, -0.25) is 0 Å². The lowest BCUT2D eigenvalue weighted by atomic mass is 10.1. The number of aliphatic hydroxyl groups is 1. The predicted molar refractivity (Wildman–Crippen MR) is 61.0 cm³/mol. The molecule has 1 aliphatic heterocycles. The number of aromatic nitrogens is 1. The van der Waals surface area contributed by atoms with Crippen molar-refractivity contribution in [1.82, 2.24) is 4.57 Å². The van der Waals surface area contributed by atoms with Gasteiger partial charge in [-0.25, -0.2) is 0 Å². The Morgan fingerprint density at radius 1 is 1.33 bits per heavy atom. The van der Waals surface area contributed by atoms with Gasteiger partial charge in [-0.15, -0.1) is 0 Å². The van der Waals surface area contributed by atoms with Gasteiger partial charge in [-0.1, -0.05) is 11.6 Å². The molecular formula is C13H15NO. The first-order valence-electron chi connectivity index (χ1n) is 5.51. The third-order valence-corrected chi connectivity index (χ3v) is 3.27. The van der Waals surface area contributed by atoms with E-state index in [9.17, 15) is 5.11 Å². The molecule has 1 aromatic carbocycles. The number of aliphatic hydroxyl groups excluding tert-OH is 1. The van der Waals surface area contributed by atoms with E-state index in [4.69, 9.17) is 0 Å². The van der Waals surface area contributed by atoms with E-state index < -0.39 is 0 Å². The van der Waals surface area contributed by atoms with Crippen LogP contribution < -0.4 is 0 Å². The summed E-state index contributed by atoms with van der Waals surface area (Å²) in [4.78, 5) is 0. The Morgan fingerprint density at radius 2 is 2.20 bits per heavy atom. The zero-order valence-electron chi connectivity index (χ0n) is 8.90. The highest BCUT2D eigenvalue weighted by Crippen LogP contribution is 2.26. The van der Waals surface area contributed by atoms with Gasteiger partial charge in [-0.05, 0) is 31.5 Å². The van der Waals surface area contributed by atoms with Crippen LogP contribution >= 0.6 is 0 Å². The van der Waals surface area contributed by atoms with Crippen LogP contribution in [0.4, 0.5) is 0 Å². The lowest BCUT2D eigenvalue weighted by molar-refractivity contribution is 0.144. The highest BCUT2D eigenvalue weighted by Gasteiger charge is 2.18. The number of rotatable bonds is 0. The van der Waals surface area contributed by atoms with Crippen molar-refractivity contribution in [2.45, 2.75) is 32.4 Å². The minimum Gasteiger partial charge on any atom is -0.393 e. The van der Waals surface area contributed by atoms with Crippen molar-refractivity contribution in [2.24, 2.45) is 0 Å². The highest BCUT2D eigenvalue weighted by atomic mass is 16.3. The summed E-state index contributed by atoms with van der Waals surface area (Å²) in [5.41, 5.74) is 3.88. The molecule has 0 aliphatic carbocycles. The largest absolute Gasteiger partial charge is 0.393 e. The van der Waals surface area contributed by atoms with Crippen LogP contribution in [0.15, 0.2) is 24.3 Å². The smallest absolute Gasteiger partial charge is 0.0611 e. The van der Waals surface area contributed by atoms with Crippen LogP contribution in [-0.4, -0.2) is 15.8 Å². The van der Waals surface area contributed by atoms with Crippen molar-refractivity contribution in [3.05, 3.63) is 35.5 Å². The van der Waals surface area contributed by atoms with Crippen molar-refractivity contribution in [3.63, 3.8) is 0 Å². The Kier molecular flexibility index (Phi) is 1.86. The summed E-state index contributed by atoms with van der Waals surface area (Å²) in [7, 11) is 0. The standard InChI is InChI=1S/C13H15NO/c1-9-2-3-13-10(6-9)7-11-8-12(15)4-5-14(11)13/h2-3,6-7,12,15H,4-5,8H2,1H3. The van der Waals surface area contributed by atoms with Crippen LogP contribution in [-0.2, 0) is 13.0 Å². The first kappa shape index (κ1) is 8.98. The van der Waals surface area contributed by atoms with E-state index in [1.165, 1.54) is 22.2 Å². The average Bonchev–Trinajstić information content (AvgIpc) is 2.53. The molecule has 0 amide bonds. The molecule has 2 heteroatoms. The topological polar surface area (TPSA) is 25.2 Å². The van der Waals surface area contributed by atoms with Crippen LogP contribution in [0.5, 0.6) is 0 Å². The van der Waals surface area contributed by atoms with Crippen molar-refractivity contribution >= 4 is 10.9 Å². The fourth-order valence-electron chi connectivity index (χ4n) is 2.50. The molecule has 0 fully saturated rings. The maximum atomic E-state index is 9.62. The van der Waals surface area contributed by atoms with Gasteiger partial charge in [0.2, 0.25) is 0 Å². The summed E-state index contributed by atoms with van der Waals surface area (Å²) in [5, 5.41) is 10.9. The van der Waals surface area contributed by atoms with Crippen molar-refractivity contribution < 1.29 is 5.11 Å². The normalized spacial score (nSPS) is 20.5. The first-order valence-corrected chi connectivity index (χ1v) is 5.51. The van der Waals surface area contributed by atoms with Gasteiger partial charge in [0, 0.05) is 29.6 Å². The summed E-state index contributed by atoms with van der Waals surface area (Å²) in [6.07, 6.45) is 1.53. The average molecular weight is 201 g/mol. The summed E-state index contributed by atoms with van der Waals surface area (Å²) >= 11 is 0. The minimum atomic E-state index is -0.150. The zero-order valence-corrected chi connectivity index (χ0v) is 8.90. The van der Waals surface area contributed by atoms with Crippen molar-refractivity contribution in [1.29, 1.82) is 0 Å². The van der Waals surface area contributed by atoms with Gasteiger partial charge in [0.25, 0.3) is 0 Å². The molecule has 0 bridgehead atoms. The molecular weight excluding hydrogens is 186 g/mol. The fraction of sp³-hybridized carbons (Fsp3) is 0.385. The fourth-order valence-corrected chi connectivity index (χ4v) is 2.50. The maximum absolute atomic E-state index is 9.62. The molecule has 1 unspecified atom stereocenters. The van der Waals surface area contributed by atoms with Crippen LogP contribution in [0, 0.1) is 6.92 Å². The molecule has 0 radical (unpaired) electrons. The van der Waals surface area contributed by atoms with E-state index in [2.05, 4.69) is 35.8 Å². The number of hydrogen-bond acceptors (Lipinski definition) is 1. The second-order valence-corrected chi connectivity index (χ2v) is 4.50.